The van der Waals surface area contributed by atoms with E-state index in [0.29, 0.717) is 11.4 Å². The van der Waals surface area contributed by atoms with E-state index >= 15 is 0 Å². The van der Waals surface area contributed by atoms with E-state index in [9.17, 15) is 9.59 Å². The molecule has 7 rings (SSSR count). The number of hydrogen-bond acceptors (Lipinski definition) is 4. The van der Waals surface area contributed by atoms with Crippen molar-refractivity contribution in [2.75, 3.05) is 7.11 Å². The van der Waals surface area contributed by atoms with Crippen LogP contribution in [-0.2, 0) is 16.8 Å². The fraction of sp³-hybridized carbons (Fsp3) is 0.429. The standard InChI is InChI=1S/C28H28INO3S/c1-33-24-7-4-22(28-13-18-8-19(14-28)10-20(9-18)15-28)11-21(24)12-25-26(31)30(27(32)34-25)16-17-2-5-23(29)6-3-17/h2-7,11-12,18-20H,8-10,13-16H2,1H3/b25-12+. The van der Waals surface area contributed by atoms with Crippen LogP contribution in [0.2, 0.25) is 0 Å². The van der Waals surface area contributed by atoms with E-state index in [1.165, 1.54) is 49.0 Å². The van der Waals surface area contributed by atoms with Crippen LogP contribution in [0, 0.1) is 21.3 Å². The van der Waals surface area contributed by atoms with Crippen molar-refractivity contribution in [2.45, 2.75) is 50.5 Å². The predicted octanol–water partition coefficient (Wildman–Crippen LogP) is 7.00. The second-order valence-electron chi connectivity index (χ2n) is 10.5. The molecule has 0 unspecified atom stereocenters. The van der Waals surface area contributed by atoms with Gasteiger partial charge >= 0.3 is 0 Å². The molecule has 5 fully saturated rings. The number of ether oxygens (including phenoxy) is 1. The minimum Gasteiger partial charge on any atom is -0.496 e. The molecule has 2 aromatic carbocycles. The van der Waals surface area contributed by atoms with Crippen molar-refractivity contribution in [2.24, 2.45) is 17.8 Å². The average molecular weight is 586 g/mol. The molecule has 0 atom stereocenters. The van der Waals surface area contributed by atoms with Crippen LogP contribution in [0.5, 0.6) is 5.75 Å². The van der Waals surface area contributed by atoms with Crippen molar-refractivity contribution in [3.05, 3.63) is 67.6 Å². The highest BCUT2D eigenvalue weighted by atomic mass is 127. The number of amides is 2. The highest BCUT2D eigenvalue weighted by molar-refractivity contribution is 14.1. The second-order valence-corrected chi connectivity index (χ2v) is 12.8. The first-order chi connectivity index (χ1) is 16.4. The molecule has 6 heteroatoms. The maximum absolute atomic E-state index is 13.2. The number of nitrogens with zero attached hydrogens (tertiary/aromatic N) is 1. The number of methoxy groups -OCH3 is 1. The van der Waals surface area contributed by atoms with Crippen LogP contribution >= 0.6 is 34.4 Å². The fourth-order valence-electron chi connectivity index (χ4n) is 7.19. The number of carbonyl (C=O) groups excluding carboxylic acids is 2. The number of rotatable bonds is 5. The minimum atomic E-state index is -0.226. The van der Waals surface area contributed by atoms with E-state index in [1.807, 2.05) is 30.3 Å². The van der Waals surface area contributed by atoms with Crippen LogP contribution in [0.15, 0.2) is 47.4 Å². The van der Waals surface area contributed by atoms with Crippen molar-refractivity contribution < 1.29 is 14.3 Å². The summed E-state index contributed by atoms with van der Waals surface area (Å²) in [5, 5.41) is -0.217. The molecule has 0 aromatic heterocycles. The summed E-state index contributed by atoms with van der Waals surface area (Å²) >= 11 is 3.27. The van der Waals surface area contributed by atoms with E-state index < -0.39 is 0 Å². The first-order valence-electron chi connectivity index (χ1n) is 12.1. The summed E-state index contributed by atoms with van der Waals surface area (Å²) < 4.78 is 6.79. The highest BCUT2D eigenvalue weighted by Gasteiger charge is 2.51. The fourth-order valence-corrected chi connectivity index (χ4v) is 8.38. The molecule has 4 nitrogen and oxygen atoms in total. The molecular weight excluding hydrogens is 557 g/mol. The van der Waals surface area contributed by atoms with Crippen molar-refractivity contribution in [3.63, 3.8) is 0 Å². The van der Waals surface area contributed by atoms with Gasteiger partial charge in [0, 0.05) is 9.13 Å². The van der Waals surface area contributed by atoms with Gasteiger partial charge in [-0.1, -0.05) is 18.2 Å². The van der Waals surface area contributed by atoms with Gasteiger partial charge in [0.25, 0.3) is 11.1 Å². The lowest BCUT2D eigenvalue weighted by Gasteiger charge is -2.57. The molecule has 1 aliphatic heterocycles. The zero-order chi connectivity index (χ0) is 23.4. The molecule has 1 saturated heterocycles. The van der Waals surface area contributed by atoms with Gasteiger partial charge in [-0.3, -0.25) is 14.5 Å². The Kier molecular flexibility index (Phi) is 5.79. The number of imide groups is 1. The van der Waals surface area contributed by atoms with Crippen molar-refractivity contribution in [1.82, 2.24) is 4.90 Å². The zero-order valence-electron chi connectivity index (χ0n) is 19.3. The predicted molar refractivity (Wildman–Crippen MR) is 144 cm³/mol. The summed E-state index contributed by atoms with van der Waals surface area (Å²) in [5.41, 5.74) is 3.51. The molecule has 2 aromatic rings. The third-order valence-corrected chi connectivity index (χ3v) is 9.92. The summed E-state index contributed by atoms with van der Waals surface area (Å²) in [6.45, 7) is 0.295. The normalized spacial score (nSPS) is 31.1. The molecule has 0 N–H and O–H groups in total. The van der Waals surface area contributed by atoms with Crippen molar-refractivity contribution in [1.29, 1.82) is 0 Å². The molecule has 5 aliphatic rings. The molecule has 2 amide bonds. The molecule has 4 saturated carbocycles. The summed E-state index contributed by atoms with van der Waals surface area (Å²) in [6, 6.07) is 14.4. The second kappa shape index (κ2) is 8.70. The van der Waals surface area contributed by atoms with Gasteiger partial charge in [0.15, 0.2) is 0 Å². The summed E-state index contributed by atoms with van der Waals surface area (Å²) in [4.78, 5) is 27.7. The summed E-state index contributed by atoms with van der Waals surface area (Å²) in [6.07, 6.45) is 9.97. The Labute approximate surface area is 218 Å². The van der Waals surface area contributed by atoms with Crippen LogP contribution in [0.3, 0.4) is 0 Å². The largest absolute Gasteiger partial charge is 0.496 e. The average Bonchev–Trinajstić information content (AvgIpc) is 3.07. The third kappa shape index (κ3) is 4.00. The lowest BCUT2D eigenvalue weighted by Crippen LogP contribution is -2.48. The Bertz CT molecular complexity index is 1150. The van der Waals surface area contributed by atoms with Crippen molar-refractivity contribution in [3.8, 4) is 5.75 Å². The van der Waals surface area contributed by atoms with Gasteiger partial charge in [0.2, 0.25) is 0 Å². The molecule has 0 radical (unpaired) electrons. The van der Waals surface area contributed by atoms with Crippen LogP contribution in [0.25, 0.3) is 6.08 Å². The number of thioether (sulfide) groups is 1. The molecule has 1 heterocycles. The van der Waals surface area contributed by atoms with Gasteiger partial charge in [-0.2, -0.15) is 0 Å². The molecular formula is C28H28INO3S. The van der Waals surface area contributed by atoms with Crippen LogP contribution in [-0.4, -0.2) is 23.2 Å². The van der Waals surface area contributed by atoms with E-state index in [2.05, 4.69) is 40.8 Å². The van der Waals surface area contributed by atoms with Crippen LogP contribution in [0.4, 0.5) is 4.79 Å². The number of hydrogen-bond donors (Lipinski definition) is 0. The summed E-state index contributed by atoms with van der Waals surface area (Å²) in [7, 11) is 1.67. The van der Waals surface area contributed by atoms with E-state index in [0.717, 1.165) is 50.0 Å². The van der Waals surface area contributed by atoms with Crippen LogP contribution < -0.4 is 4.74 Å². The number of carbonyl (C=O) groups is 2. The number of benzene rings is 2. The smallest absolute Gasteiger partial charge is 0.293 e. The SMILES string of the molecule is COc1ccc(C23CC4CC(CC(C4)C2)C3)cc1/C=C1/SC(=O)N(Cc2ccc(I)cc2)C1=O. The Morgan fingerprint density at radius 2 is 1.68 bits per heavy atom. The minimum absolute atomic E-state index is 0.217. The van der Waals surface area contributed by atoms with E-state index in [-0.39, 0.29) is 16.6 Å². The molecule has 176 valence electrons. The lowest BCUT2D eigenvalue weighted by atomic mass is 9.48. The topological polar surface area (TPSA) is 46.6 Å². The number of halogens is 1. The van der Waals surface area contributed by atoms with Gasteiger partial charge < -0.3 is 4.74 Å². The van der Waals surface area contributed by atoms with Gasteiger partial charge in [-0.15, -0.1) is 0 Å². The molecule has 34 heavy (non-hydrogen) atoms. The molecule has 4 bridgehead atoms. The van der Waals surface area contributed by atoms with Gasteiger partial charge in [0.05, 0.1) is 18.6 Å². The highest BCUT2D eigenvalue weighted by Crippen LogP contribution is 2.61. The third-order valence-electron chi connectivity index (χ3n) is 8.29. The Morgan fingerprint density at radius 3 is 2.29 bits per heavy atom. The Hall–Kier alpha value is -1.80. The maximum Gasteiger partial charge on any atom is 0.293 e. The monoisotopic (exact) mass is 585 g/mol. The molecule has 4 aliphatic carbocycles. The first kappa shape index (κ1) is 22.7. The Balaban J connectivity index is 1.30. The van der Waals surface area contributed by atoms with Crippen molar-refractivity contribution >= 4 is 51.6 Å². The van der Waals surface area contributed by atoms with E-state index in [1.54, 1.807) is 7.11 Å². The quantitative estimate of drug-likeness (QED) is 0.280. The van der Waals surface area contributed by atoms with E-state index in [4.69, 9.17) is 4.74 Å². The Morgan fingerprint density at radius 1 is 1.03 bits per heavy atom. The zero-order valence-corrected chi connectivity index (χ0v) is 22.2. The lowest BCUT2D eigenvalue weighted by molar-refractivity contribution is -0.123. The molecule has 0 spiro atoms. The van der Waals surface area contributed by atoms with Crippen LogP contribution in [0.1, 0.15) is 55.2 Å². The maximum atomic E-state index is 13.2. The van der Waals surface area contributed by atoms with Gasteiger partial charge in [-0.25, -0.2) is 0 Å². The first-order valence-corrected chi connectivity index (χ1v) is 14.0. The van der Waals surface area contributed by atoms with Gasteiger partial charge in [-0.05, 0) is 138 Å². The summed E-state index contributed by atoms with van der Waals surface area (Å²) in [5.74, 6) is 3.13. The van der Waals surface area contributed by atoms with Gasteiger partial charge in [0.1, 0.15) is 5.75 Å².